The zero-order chi connectivity index (χ0) is 24.4. The molecule has 1 aliphatic rings. The molecule has 35 heavy (non-hydrogen) atoms. The van der Waals surface area contributed by atoms with Crippen LogP contribution in [0.2, 0.25) is 0 Å². The van der Waals surface area contributed by atoms with E-state index < -0.39 is 0 Å². The summed E-state index contributed by atoms with van der Waals surface area (Å²) in [7, 11) is 0. The largest absolute Gasteiger partial charge is 0.508 e. The van der Waals surface area contributed by atoms with Crippen molar-refractivity contribution in [3.63, 3.8) is 0 Å². The zero-order valence-electron chi connectivity index (χ0n) is 19.4. The number of nitrogens with one attached hydrogen (secondary N) is 3. The molecule has 1 saturated carbocycles. The number of phenols is 1. The fourth-order valence-electron chi connectivity index (χ4n) is 4.39. The number of imidazole rings is 1. The normalized spacial score (nSPS) is 17.7. The van der Waals surface area contributed by atoms with Crippen LogP contribution in [0.3, 0.4) is 0 Å². The number of aromatic hydroxyl groups is 1. The molecule has 5 rings (SSSR count). The maximum Gasteiger partial charge on any atom is 0.256 e. The lowest BCUT2D eigenvalue weighted by atomic mass is 9.82. The number of benzene rings is 2. The summed E-state index contributed by atoms with van der Waals surface area (Å²) in [5.74, 6) is 1.72. The second-order valence-corrected chi connectivity index (χ2v) is 9.20. The highest BCUT2D eigenvalue weighted by Crippen LogP contribution is 2.29. The van der Waals surface area contributed by atoms with Crippen LogP contribution in [-0.2, 0) is 4.79 Å². The molecule has 8 nitrogen and oxygen atoms in total. The minimum absolute atomic E-state index is 0.0949. The van der Waals surface area contributed by atoms with Gasteiger partial charge in [-0.25, -0.2) is 9.97 Å². The van der Waals surface area contributed by atoms with Crippen LogP contribution in [0.15, 0.2) is 60.8 Å². The molecule has 0 unspecified atom stereocenters. The summed E-state index contributed by atoms with van der Waals surface area (Å²) in [6.45, 7) is 2.25. The van der Waals surface area contributed by atoms with E-state index in [1.807, 2.05) is 24.3 Å². The van der Waals surface area contributed by atoms with E-state index in [2.05, 4.69) is 32.5 Å². The van der Waals surface area contributed by atoms with Crippen molar-refractivity contribution < 1.29 is 14.7 Å². The number of pyridine rings is 1. The Bertz CT molecular complexity index is 1350. The predicted molar refractivity (Wildman–Crippen MR) is 135 cm³/mol. The molecular formula is C27H27N5O3. The molecule has 1 aliphatic carbocycles. The third kappa shape index (κ3) is 5.16. The molecule has 0 bridgehead atoms. The highest BCUT2D eigenvalue weighted by atomic mass is 16.3. The van der Waals surface area contributed by atoms with Crippen LogP contribution in [0.25, 0.3) is 22.4 Å². The molecule has 4 aromatic rings. The van der Waals surface area contributed by atoms with Gasteiger partial charge in [0.2, 0.25) is 5.91 Å². The van der Waals surface area contributed by atoms with E-state index in [4.69, 9.17) is 0 Å². The fraction of sp³-hybridized carbons (Fsp3) is 0.259. The van der Waals surface area contributed by atoms with Crippen molar-refractivity contribution in [3.05, 3.63) is 66.4 Å². The number of carbonyl (C=O) groups is 2. The third-order valence-corrected chi connectivity index (χ3v) is 6.55. The van der Waals surface area contributed by atoms with E-state index in [9.17, 15) is 14.7 Å². The minimum atomic E-state index is -0.326. The molecule has 0 radical (unpaired) electrons. The van der Waals surface area contributed by atoms with Gasteiger partial charge < -0.3 is 20.7 Å². The van der Waals surface area contributed by atoms with Crippen LogP contribution in [0, 0.1) is 11.8 Å². The lowest BCUT2D eigenvalue weighted by Gasteiger charge is -2.25. The first-order valence-electron chi connectivity index (χ1n) is 11.8. The maximum atomic E-state index is 12.6. The Morgan fingerprint density at radius 1 is 0.971 bits per heavy atom. The van der Waals surface area contributed by atoms with Crippen molar-refractivity contribution >= 4 is 34.4 Å². The van der Waals surface area contributed by atoms with E-state index >= 15 is 0 Å². The van der Waals surface area contributed by atoms with Gasteiger partial charge in [0.05, 0.1) is 17.2 Å². The molecule has 8 heteroatoms. The van der Waals surface area contributed by atoms with Crippen LogP contribution in [-0.4, -0.2) is 31.9 Å². The maximum absolute atomic E-state index is 12.6. The Morgan fingerprint density at radius 2 is 1.69 bits per heavy atom. The lowest BCUT2D eigenvalue weighted by molar-refractivity contribution is -0.121. The van der Waals surface area contributed by atoms with Crippen LogP contribution < -0.4 is 10.6 Å². The summed E-state index contributed by atoms with van der Waals surface area (Å²) in [5, 5.41) is 15.2. The zero-order valence-corrected chi connectivity index (χ0v) is 19.4. The molecule has 0 saturated heterocycles. The number of rotatable bonds is 5. The fourth-order valence-corrected chi connectivity index (χ4v) is 4.39. The molecule has 2 aromatic carbocycles. The molecule has 0 spiro atoms. The number of anilines is 2. The smallest absolute Gasteiger partial charge is 0.256 e. The van der Waals surface area contributed by atoms with Crippen molar-refractivity contribution in [1.82, 2.24) is 15.0 Å². The van der Waals surface area contributed by atoms with Crippen LogP contribution in [0.5, 0.6) is 5.75 Å². The first-order valence-corrected chi connectivity index (χ1v) is 11.8. The van der Waals surface area contributed by atoms with Crippen molar-refractivity contribution in [1.29, 1.82) is 0 Å². The molecule has 2 amide bonds. The average Bonchev–Trinajstić information content (AvgIpc) is 3.29. The number of amides is 2. The monoisotopic (exact) mass is 469 g/mol. The van der Waals surface area contributed by atoms with Gasteiger partial charge in [-0.15, -0.1) is 0 Å². The van der Waals surface area contributed by atoms with Crippen LogP contribution in [0.4, 0.5) is 11.5 Å². The number of aromatic amines is 1. The number of phenolic OH excluding ortho intramolecular Hbond substituents is 1. The lowest BCUT2D eigenvalue weighted by Crippen LogP contribution is -2.26. The summed E-state index contributed by atoms with van der Waals surface area (Å²) in [6.07, 6.45) is 5.75. The first-order chi connectivity index (χ1) is 16.9. The van der Waals surface area contributed by atoms with Crippen LogP contribution >= 0.6 is 0 Å². The highest BCUT2D eigenvalue weighted by Gasteiger charge is 2.24. The van der Waals surface area contributed by atoms with Crippen molar-refractivity contribution in [3.8, 4) is 17.1 Å². The number of nitrogens with zero attached hydrogens (tertiary/aromatic N) is 2. The Morgan fingerprint density at radius 3 is 2.40 bits per heavy atom. The van der Waals surface area contributed by atoms with Gasteiger partial charge in [-0.3, -0.25) is 9.59 Å². The van der Waals surface area contributed by atoms with Gasteiger partial charge in [0.25, 0.3) is 5.91 Å². The topological polar surface area (TPSA) is 120 Å². The molecule has 2 aromatic heterocycles. The van der Waals surface area contributed by atoms with E-state index in [-0.39, 0.29) is 23.5 Å². The summed E-state index contributed by atoms with van der Waals surface area (Å²) in [4.78, 5) is 37.2. The van der Waals surface area contributed by atoms with Crippen molar-refractivity contribution in [2.24, 2.45) is 11.8 Å². The van der Waals surface area contributed by atoms with Gasteiger partial charge in [-0.05, 0) is 80.1 Å². The molecule has 4 N–H and O–H groups in total. The van der Waals surface area contributed by atoms with Crippen LogP contribution in [0.1, 0.15) is 43.0 Å². The molecule has 2 heterocycles. The Labute approximate surface area is 202 Å². The van der Waals surface area contributed by atoms with E-state index in [1.165, 1.54) is 24.3 Å². The number of fused-ring (bicyclic) bond motifs is 1. The van der Waals surface area contributed by atoms with Gasteiger partial charge in [0, 0.05) is 28.8 Å². The molecule has 1 fully saturated rings. The second kappa shape index (κ2) is 9.58. The number of aromatic nitrogens is 3. The van der Waals surface area contributed by atoms with Crippen molar-refractivity contribution in [2.45, 2.75) is 32.6 Å². The molecule has 0 atom stereocenters. The molecule has 0 aliphatic heterocycles. The van der Waals surface area contributed by atoms with Gasteiger partial charge in [0.1, 0.15) is 17.4 Å². The SMILES string of the molecule is CC1CCC(C(=O)Nc2ccc(-c3nc4cc(NC(=O)c5ccc(O)cc5)ncc4[nH]3)cc2)CC1. The third-order valence-electron chi connectivity index (χ3n) is 6.55. The number of hydrogen-bond donors (Lipinski definition) is 4. The van der Waals surface area contributed by atoms with E-state index in [0.29, 0.717) is 28.6 Å². The van der Waals surface area contributed by atoms with Crippen molar-refractivity contribution in [2.75, 3.05) is 10.6 Å². The Balaban J connectivity index is 1.26. The summed E-state index contributed by atoms with van der Waals surface area (Å²) in [6, 6.07) is 15.3. The quantitative estimate of drug-likeness (QED) is 0.314. The Kier molecular flexibility index (Phi) is 6.18. The Hall–Kier alpha value is -4.20. The average molecular weight is 470 g/mol. The van der Waals surface area contributed by atoms with Gasteiger partial charge >= 0.3 is 0 Å². The van der Waals surface area contributed by atoms with E-state index in [1.54, 1.807) is 12.3 Å². The summed E-state index contributed by atoms with van der Waals surface area (Å²) >= 11 is 0. The van der Waals surface area contributed by atoms with E-state index in [0.717, 1.165) is 42.5 Å². The predicted octanol–water partition coefficient (Wildman–Crippen LogP) is 5.35. The summed E-state index contributed by atoms with van der Waals surface area (Å²) < 4.78 is 0. The van der Waals surface area contributed by atoms with Gasteiger partial charge in [-0.1, -0.05) is 6.92 Å². The first kappa shape index (κ1) is 22.6. The van der Waals surface area contributed by atoms with Gasteiger partial charge in [0.15, 0.2) is 0 Å². The summed E-state index contributed by atoms with van der Waals surface area (Å²) in [5.41, 5.74) is 3.47. The minimum Gasteiger partial charge on any atom is -0.508 e. The second-order valence-electron chi connectivity index (χ2n) is 9.20. The van der Waals surface area contributed by atoms with Gasteiger partial charge in [-0.2, -0.15) is 0 Å². The standard InChI is InChI=1S/C27H27N5O3/c1-16-2-4-18(5-3-16)26(34)29-20-10-6-17(7-11-20)25-30-22-14-24(28-15-23(22)31-25)32-27(35)19-8-12-21(33)13-9-19/h6-16,18,33H,2-5H2,1H3,(H,29,34)(H,30,31)(H,28,32,35). The number of H-pyrrole nitrogens is 1. The number of carbonyl (C=O) groups excluding carboxylic acids is 2. The number of hydrogen-bond acceptors (Lipinski definition) is 5. The molecular weight excluding hydrogens is 442 g/mol. The highest BCUT2D eigenvalue weighted by molar-refractivity contribution is 6.04. The molecule has 178 valence electrons.